The molecular weight excluding hydrogens is 300 g/mol. The van der Waals surface area contributed by atoms with E-state index in [-0.39, 0.29) is 0 Å². The van der Waals surface area contributed by atoms with E-state index in [2.05, 4.69) is 0 Å². The SMILES string of the molecule is Nc1ccc2c(c1)Oc1ccccc1C21OCc2ccc(N)cc21. The second-order valence-electron chi connectivity index (χ2n) is 6.24. The maximum absolute atomic E-state index is 6.42. The Hall–Kier alpha value is -2.98. The molecule has 4 heteroatoms. The third kappa shape index (κ3) is 1.61. The molecule has 24 heavy (non-hydrogen) atoms. The number of ether oxygens (including phenoxy) is 2. The number of rotatable bonds is 0. The van der Waals surface area contributed by atoms with Crippen molar-refractivity contribution in [1.29, 1.82) is 0 Å². The summed E-state index contributed by atoms with van der Waals surface area (Å²) in [5.41, 5.74) is 16.9. The van der Waals surface area contributed by atoms with Gasteiger partial charge in [-0.2, -0.15) is 0 Å². The fourth-order valence-corrected chi connectivity index (χ4v) is 3.78. The molecule has 5 rings (SSSR count). The number of fused-ring (bicyclic) bond motifs is 6. The third-order valence-electron chi connectivity index (χ3n) is 4.83. The quantitative estimate of drug-likeness (QED) is 0.619. The van der Waals surface area contributed by atoms with E-state index in [0.717, 1.165) is 39.4 Å². The molecule has 3 aromatic carbocycles. The summed E-state index contributed by atoms with van der Waals surface area (Å²) in [5, 5.41) is 0. The average Bonchev–Trinajstić information content (AvgIpc) is 2.94. The van der Waals surface area contributed by atoms with Crippen molar-refractivity contribution in [2.45, 2.75) is 12.2 Å². The Morgan fingerprint density at radius 2 is 1.50 bits per heavy atom. The molecule has 0 radical (unpaired) electrons. The molecule has 118 valence electrons. The molecule has 0 saturated heterocycles. The molecule has 0 saturated carbocycles. The minimum atomic E-state index is -0.706. The first-order chi connectivity index (χ1) is 11.7. The van der Waals surface area contributed by atoms with Crippen LogP contribution in [0.3, 0.4) is 0 Å². The molecule has 3 aromatic rings. The predicted octanol–water partition coefficient (Wildman–Crippen LogP) is 3.78. The van der Waals surface area contributed by atoms with Crippen molar-refractivity contribution in [3.05, 3.63) is 82.9 Å². The van der Waals surface area contributed by atoms with Crippen molar-refractivity contribution in [2.24, 2.45) is 0 Å². The van der Waals surface area contributed by atoms with Gasteiger partial charge in [0.15, 0.2) is 5.60 Å². The fourth-order valence-electron chi connectivity index (χ4n) is 3.78. The first-order valence-electron chi connectivity index (χ1n) is 7.89. The first kappa shape index (κ1) is 13.5. The molecule has 2 aliphatic heterocycles. The average molecular weight is 316 g/mol. The number of nitrogen functional groups attached to an aromatic ring is 2. The smallest absolute Gasteiger partial charge is 0.151 e. The van der Waals surface area contributed by atoms with E-state index in [4.69, 9.17) is 20.9 Å². The van der Waals surface area contributed by atoms with Crippen LogP contribution in [-0.2, 0) is 16.9 Å². The molecule has 2 heterocycles. The van der Waals surface area contributed by atoms with Gasteiger partial charge in [-0.1, -0.05) is 24.3 Å². The van der Waals surface area contributed by atoms with Crippen LogP contribution in [0.25, 0.3) is 0 Å². The maximum Gasteiger partial charge on any atom is 0.151 e. The molecule has 1 unspecified atom stereocenters. The fraction of sp³-hybridized carbons (Fsp3) is 0.100. The highest BCUT2D eigenvalue weighted by Crippen LogP contribution is 2.56. The van der Waals surface area contributed by atoms with Gasteiger partial charge in [-0.3, -0.25) is 0 Å². The lowest BCUT2D eigenvalue weighted by Gasteiger charge is -2.37. The lowest BCUT2D eigenvalue weighted by molar-refractivity contribution is 0.0200. The number of benzene rings is 3. The molecule has 0 fully saturated rings. The standard InChI is InChI=1S/C20H16N2O2/c21-13-6-5-12-11-23-20(17(12)9-13)15-3-1-2-4-18(15)24-19-10-14(22)7-8-16(19)20/h1-10H,11,21-22H2. The summed E-state index contributed by atoms with van der Waals surface area (Å²) < 4.78 is 12.5. The van der Waals surface area contributed by atoms with Crippen molar-refractivity contribution in [1.82, 2.24) is 0 Å². The van der Waals surface area contributed by atoms with Crippen LogP contribution in [0.5, 0.6) is 11.5 Å². The van der Waals surface area contributed by atoms with Gasteiger partial charge in [-0.15, -0.1) is 0 Å². The predicted molar refractivity (Wildman–Crippen MR) is 92.9 cm³/mol. The van der Waals surface area contributed by atoms with Crippen molar-refractivity contribution >= 4 is 11.4 Å². The van der Waals surface area contributed by atoms with E-state index in [0.29, 0.717) is 12.3 Å². The summed E-state index contributed by atoms with van der Waals surface area (Å²) in [7, 11) is 0. The topological polar surface area (TPSA) is 70.5 Å². The minimum absolute atomic E-state index is 0.535. The Balaban J connectivity index is 1.89. The number of hydrogen-bond acceptors (Lipinski definition) is 4. The van der Waals surface area contributed by atoms with Gasteiger partial charge in [-0.25, -0.2) is 0 Å². The molecule has 2 aliphatic rings. The Morgan fingerprint density at radius 3 is 2.42 bits per heavy atom. The van der Waals surface area contributed by atoms with Gasteiger partial charge < -0.3 is 20.9 Å². The molecule has 0 amide bonds. The summed E-state index contributed by atoms with van der Waals surface area (Å²) in [6.07, 6.45) is 0. The van der Waals surface area contributed by atoms with Gasteiger partial charge in [0.1, 0.15) is 11.5 Å². The molecule has 0 bridgehead atoms. The Bertz CT molecular complexity index is 983. The lowest BCUT2D eigenvalue weighted by atomic mass is 9.77. The van der Waals surface area contributed by atoms with E-state index in [1.54, 1.807) is 0 Å². The normalized spacial score (nSPS) is 20.2. The Labute approximate surface area is 139 Å². The van der Waals surface area contributed by atoms with E-state index in [1.165, 1.54) is 0 Å². The van der Waals surface area contributed by atoms with Gasteiger partial charge >= 0.3 is 0 Å². The van der Waals surface area contributed by atoms with Crippen LogP contribution in [0, 0.1) is 0 Å². The molecular formula is C20H16N2O2. The second-order valence-corrected chi connectivity index (χ2v) is 6.24. The number of para-hydroxylation sites is 1. The van der Waals surface area contributed by atoms with Crippen LogP contribution in [0.15, 0.2) is 60.7 Å². The highest BCUT2D eigenvalue weighted by atomic mass is 16.5. The van der Waals surface area contributed by atoms with Crippen molar-refractivity contribution in [3.8, 4) is 11.5 Å². The number of anilines is 2. The van der Waals surface area contributed by atoms with Crippen molar-refractivity contribution in [2.75, 3.05) is 11.5 Å². The van der Waals surface area contributed by atoms with Crippen LogP contribution in [0.4, 0.5) is 11.4 Å². The maximum atomic E-state index is 6.42. The highest BCUT2D eigenvalue weighted by Gasteiger charge is 2.49. The zero-order valence-corrected chi connectivity index (χ0v) is 13.0. The number of nitrogens with two attached hydrogens (primary N) is 2. The summed E-state index contributed by atoms with van der Waals surface area (Å²) in [5.74, 6) is 1.51. The molecule has 1 atom stereocenters. The monoisotopic (exact) mass is 316 g/mol. The zero-order valence-electron chi connectivity index (χ0n) is 13.0. The lowest BCUT2D eigenvalue weighted by Crippen LogP contribution is -2.32. The van der Waals surface area contributed by atoms with Gasteiger partial charge in [0, 0.05) is 34.1 Å². The van der Waals surface area contributed by atoms with Gasteiger partial charge in [0.25, 0.3) is 0 Å². The molecule has 1 spiro atoms. The van der Waals surface area contributed by atoms with Gasteiger partial charge in [-0.05, 0) is 35.9 Å². The summed E-state index contributed by atoms with van der Waals surface area (Å²) in [6.45, 7) is 0.535. The summed E-state index contributed by atoms with van der Waals surface area (Å²) in [6, 6.07) is 19.6. The number of hydrogen-bond donors (Lipinski definition) is 2. The van der Waals surface area contributed by atoms with Crippen LogP contribution < -0.4 is 16.2 Å². The summed E-state index contributed by atoms with van der Waals surface area (Å²) >= 11 is 0. The highest BCUT2D eigenvalue weighted by molar-refractivity contribution is 5.67. The van der Waals surface area contributed by atoms with Gasteiger partial charge in [0.2, 0.25) is 0 Å². The van der Waals surface area contributed by atoms with E-state index in [9.17, 15) is 0 Å². The molecule has 4 N–H and O–H groups in total. The second kappa shape index (κ2) is 4.52. The Morgan fingerprint density at radius 1 is 0.750 bits per heavy atom. The van der Waals surface area contributed by atoms with Crippen LogP contribution in [-0.4, -0.2) is 0 Å². The molecule has 0 aromatic heterocycles. The van der Waals surface area contributed by atoms with E-state index in [1.807, 2.05) is 60.7 Å². The van der Waals surface area contributed by atoms with Crippen LogP contribution in [0.1, 0.15) is 22.3 Å². The van der Waals surface area contributed by atoms with Gasteiger partial charge in [0.05, 0.1) is 6.61 Å². The minimum Gasteiger partial charge on any atom is -0.456 e. The van der Waals surface area contributed by atoms with Crippen LogP contribution >= 0.6 is 0 Å². The molecule has 0 aliphatic carbocycles. The van der Waals surface area contributed by atoms with Crippen molar-refractivity contribution < 1.29 is 9.47 Å². The zero-order chi connectivity index (χ0) is 16.3. The molecule has 4 nitrogen and oxygen atoms in total. The third-order valence-corrected chi connectivity index (χ3v) is 4.83. The van der Waals surface area contributed by atoms with E-state index < -0.39 is 5.60 Å². The summed E-state index contributed by atoms with van der Waals surface area (Å²) in [4.78, 5) is 0. The van der Waals surface area contributed by atoms with Crippen LogP contribution in [0.2, 0.25) is 0 Å². The van der Waals surface area contributed by atoms with Crippen molar-refractivity contribution in [3.63, 3.8) is 0 Å². The first-order valence-corrected chi connectivity index (χ1v) is 7.89. The largest absolute Gasteiger partial charge is 0.456 e. The van der Waals surface area contributed by atoms with E-state index >= 15 is 0 Å². The Kier molecular flexibility index (Phi) is 2.54.